The van der Waals surface area contributed by atoms with E-state index in [1.54, 1.807) is 13.4 Å². The van der Waals surface area contributed by atoms with E-state index in [0.717, 1.165) is 29.9 Å². The summed E-state index contributed by atoms with van der Waals surface area (Å²) in [6, 6.07) is 11.1. The number of benzene rings is 1. The van der Waals surface area contributed by atoms with Crippen molar-refractivity contribution in [3.63, 3.8) is 0 Å². The fourth-order valence-electron chi connectivity index (χ4n) is 4.38. The third-order valence-electron chi connectivity index (χ3n) is 6.16. The average molecular weight is 467 g/mol. The van der Waals surface area contributed by atoms with Crippen LogP contribution in [0.15, 0.2) is 61.8 Å². The van der Waals surface area contributed by atoms with Crippen molar-refractivity contribution in [2.24, 2.45) is 5.10 Å². The summed E-state index contributed by atoms with van der Waals surface area (Å²) in [7, 11) is 1.63. The Morgan fingerprint density at radius 1 is 1.15 bits per heavy atom. The van der Waals surface area contributed by atoms with Gasteiger partial charge in [0, 0.05) is 12.3 Å². The highest BCUT2D eigenvalue weighted by Crippen LogP contribution is 2.35. The summed E-state index contributed by atoms with van der Waals surface area (Å²) in [5, 5.41) is 15.0. The van der Waals surface area contributed by atoms with Crippen LogP contribution < -0.4 is 4.74 Å². The first-order chi connectivity index (χ1) is 16.2. The molecular weight excluding hydrogens is 440 g/mol. The van der Waals surface area contributed by atoms with Gasteiger partial charge in [-0.05, 0) is 54.8 Å². The molecule has 2 aromatic heterocycles. The zero-order valence-electron chi connectivity index (χ0n) is 18.5. The van der Waals surface area contributed by atoms with Crippen LogP contribution in [0, 0.1) is 0 Å². The van der Waals surface area contributed by atoms with Crippen molar-refractivity contribution < 1.29 is 18.4 Å². The molecular formula is C24H26N4O4S. The maximum atomic E-state index is 13.2. The Balaban J connectivity index is 1.29. The van der Waals surface area contributed by atoms with Crippen LogP contribution in [0.5, 0.6) is 5.75 Å². The van der Waals surface area contributed by atoms with Gasteiger partial charge in [0.1, 0.15) is 17.6 Å². The van der Waals surface area contributed by atoms with Crippen LogP contribution >= 0.6 is 11.8 Å². The zero-order chi connectivity index (χ0) is 22.6. The molecule has 8 nitrogen and oxygen atoms in total. The molecule has 9 heteroatoms. The topological polar surface area (TPSA) is 94.0 Å². The summed E-state index contributed by atoms with van der Waals surface area (Å²) in [4.78, 5) is 13.2. The largest absolute Gasteiger partial charge is 0.497 e. The first-order valence-corrected chi connectivity index (χ1v) is 12.2. The van der Waals surface area contributed by atoms with E-state index in [1.165, 1.54) is 36.0 Å². The Hall–Kier alpha value is -3.07. The first-order valence-electron chi connectivity index (χ1n) is 11.2. The highest BCUT2D eigenvalue weighted by Gasteiger charge is 2.35. The SMILES string of the molecule is COc1ccc(C2=NN(C(=O)CSc3nnc(C4CCCCC4)o3)C(c3ccco3)C2)cc1. The van der Waals surface area contributed by atoms with Crippen molar-refractivity contribution in [2.75, 3.05) is 12.9 Å². The lowest BCUT2D eigenvalue weighted by Gasteiger charge is -2.19. The summed E-state index contributed by atoms with van der Waals surface area (Å²) in [6.45, 7) is 0. The van der Waals surface area contributed by atoms with Gasteiger partial charge in [0.25, 0.3) is 11.1 Å². The van der Waals surface area contributed by atoms with Crippen LogP contribution in [0.4, 0.5) is 0 Å². The second-order valence-corrected chi connectivity index (χ2v) is 9.21. The molecule has 0 saturated heterocycles. The number of carbonyl (C=O) groups excluding carboxylic acids is 1. The van der Waals surface area contributed by atoms with Crippen LogP contribution in [-0.4, -0.2) is 39.7 Å². The van der Waals surface area contributed by atoms with Crippen LogP contribution in [0.2, 0.25) is 0 Å². The maximum absolute atomic E-state index is 13.2. The van der Waals surface area contributed by atoms with Gasteiger partial charge in [-0.1, -0.05) is 31.0 Å². The first kappa shape index (κ1) is 21.8. The second-order valence-electron chi connectivity index (χ2n) is 8.28. The van der Waals surface area contributed by atoms with E-state index in [9.17, 15) is 4.79 Å². The molecule has 1 aromatic carbocycles. The summed E-state index contributed by atoms with van der Waals surface area (Å²) in [5.74, 6) is 2.54. The van der Waals surface area contributed by atoms with Crippen molar-refractivity contribution in [2.45, 2.75) is 55.7 Å². The minimum atomic E-state index is -0.286. The lowest BCUT2D eigenvalue weighted by Crippen LogP contribution is -2.28. The van der Waals surface area contributed by atoms with E-state index in [-0.39, 0.29) is 17.7 Å². The summed E-state index contributed by atoms with van der Waals surface area (Å²) < 4.78 is 16.7. The molecule has 1 atom stereocenters. The van der Waals surface area contributed by atoms with Crippen molar-refractivity contribution >= 4 is 23.4 Å². The predicted molar refractivity (Wildman–Crippen MR) is 123 cm³/mol. The molecule has 1 fully saturated rings. The number of ether oxygens (including phenoxy) is 1. The Kier molecular flexibility index (Phi) is 6.48. The number of hydrogen-bond donors (Lipinski definition) is 0. The molecule has 3 heterocycles. The van der Waals surface area contributed by atoms with E-state index in [4.69, 9.17) is 13.6 Å². The van der Waals surface area contributed by atoms with E-state index in [1.807, 2.05) is 36.4 Å². The van der Waals surface area contributed by atoms with Crippen molar-refractivity contribution in [3.05, 3.63) is 59.9 Å². The molecule has 172 valence electrons. The van der Waals surface area contributed by atoms with Gasteiger partial charge in [0.15, 0.2) is 0 Å². The Morgan fingerprint density at radius 3 is 2.70 bits per heavy atom. The summed E-state index contributed by atoms with van der Waals surface area (Å²) >= 11 is 1.25. The highest BCUT2D eigenvalue weighted by atomic mass is 32.2. The number of aromatic nitrogens is 2. The molecule has 1 aliphatic carbocycles. The predicted octanol–water partition coefficient (Wildman–Crippen LogP) is 5.19. The van der Waals surface area contributed by atoms with Gasteiger partial charge in [0.05, 0.1) is 24.8 Å². The lowest BCUT2D eigenvalue weighted by atomic mass is 9.89. The van der Waals surface area contributed by atoms with Gasteiger partial charge in [-0.15, -0.1) is 10.2 Å². The van der Waals surface area contributed by atoms with Gasteiger partial charge < -0.3 is 13.6 Å². The van der Waals surface area contributed by atoms with Gasteiger partial charge in [-0.2, -0.15) is 5.10 Å². The number of furan rings is 1. The number of hydrogen-bond acceptors (Lipinski definition) is 8. The number of nitrogens with zero attached hydrogens (tertiary/aromatic N) is 4. The molecule has 0 N–H and O–H groups in total. The standard InChI is InChI=1S/C24H26N4O4S/c1-30-18-11-9-16(10-12-18)19-14-20(21-8-5-13-31-21)28(27-19)22(29)15-33-24-26-25-23(32-24)17-6-3-2-4-7-17/h5,8-13,17,20H,2-4,6-7,14-15H2,1H3. The van der Waals surface area contributed by atoms with Gasteiger partial charge in [0.2, 0.25) is 5.89 Å². The normalized spacial score (nSPS) is 19.0. The molecule has 1 aliphatic heterocycles. The van der Waals surface area contributed by atoms with Crippen molar-refractivity contribution in [1.82, 2.24) is 15.2 Å². The fraction of sp³-hybridized carbons (Fsp3) is 0.417. The molecule has 2 aliphatic rings. The van der Waals surface area contributed by atoms with Crippen LogP contribution in [0.3, 0.4) is 0 Å². The van der Waals surface area contributed by atoms with Crippen LogP contribution in [-0.2, 0) is 4.79 Å². The number of thioether (sulfide) groups is 1. The minimum absolute atomic E-state index is 0.137. The Morgan fingerprint density at radius 2 is 1.97 bits per heavy atom. The average Bonchev–Trinajstić information content (AvgIpc) is 3.64. The van der Waals surface area contributed by atoms with E-state index >= 15 is 0 Å². The number of amides is 1. The highest BCUT2D eigenvalue weighted by molar-refractivity contribution is 7.99. The molecule has 33 heavy (non-hydrogen) atoms. The third-order valence-corrected chi connectivity index (χ3v) is 6.96. The maximum Gasteiger partial charge on any atom is 0.277 e. The van der Waals surface area contributed by atoms with Gasteiger partial charge in [-0.3, -0.25) is 4.79 Å². The molecule has 0 radical (unpaired) electrons. The van der Waals surface area contributed by atoms with Crippen molar-refractivity contribution in [1.29, 1.82) is 0 Å². The smallest absolute Gasteiger partial charge is 0.277 e. The minimum Gasteiger partial charge on any atom is -0.497 e. The van der Waals surface area contributed by atoms with Gasteiger partial charge >= 0.3 is 0 Å². The molecule has 0 bridgehead atoms. The second kappa shape index (κ2) is 9.82. The van der Waals surface area contributed by atoms with E-state index < -0.39 is 0 Å². The van der Waals surface area contributed by atoms with E-state index in [0.29, 0.717) is 29.2 Å². The molecule has 1 amide bonds. The monoisotopic (exact) mass is 466 g/mol. The van der Waals surface area contributed by atoms with Crippen LogP contribution in [0.25, 0.3) is 0 Å². The van der Waals surface area contributed by atoms with Crippen molar-refractivity contribution in [3.8, 4) is 5.75 Å². The molecule has 3 aromatic rings. The summed E-state index contributed by atoms with van der Waals surface area (Å²) in [6.07, 6.45) is 8.04. The fourth-order valence-corrected chi connectivity index (χ4v) is 5.01. The molecule has 0 spiro atoms. The number of rotatable bonds is 7. The van der Waals surface area contributed by atoms with Gasteiger partial charge in [-0.25, -0.2) is 5.01 Å². The lowest BCUT2D eigenvalue weighted by molar-refractivity contribution is -0.130. The van der Waals surface area contributed by atoms with Crippen LogP contribution in [0.1, 0.15) is 67.7 Å². The summed E-state index contributed by atoms with van der Waals surface area (Å²) in [5.41, 5.74) is 1.78. The quantitative estimate of drug-likeness (QED) is 0.442. The number of carbonyl (C=O) groups is 1. The molecule has 1 unspecified atom stereocenters. The zero-order valence-corrected chi connectivity index (χ0v) is 19.3. The molecule has 1 saturated carbocycles. The number of methoxy groups -OCH3 is 1. The van der Waals surface area contributed by atoms with E-state index in [2.05, 4.69) is 15.3 Å². The third kappa shape index (κ3) is 4.83. The number of hydrazone groups is 1. The Labute approximate surface area is 196 Å². The molecule has 5 rings (SSSR count). The Bertz CT molecular complexity index is 1100.